The fourth-order valence-electron chi connectivity index (χ4n) is 0.866. The van der Waals surface area contributed by atoms with Crippen LogP contribution in [0, 0.1) is 0 Å². The van der Waals surface area contributed by atoms with Crippen molar-refractivity contribution in [1.29, 1.82) is 0 Å². The first-order valence-electron chi connectivity index (χ1n) is 5.67. The van der Waals surface area contributed by atoms with E-state index in [9.17, 15) is 4.79 Å². The lowest BCUT2D eigenvalue weighted by Gasteiger charge is -2.35. The summed E-state index contributed by atoms with van der Waals surface area (Å²) in [6.07, 6.45) is 4.57. The molecule has 0 fully saturated rings. The van der Waals surface area contributed by atoms with Gasteiger partial charge in [-0.3, -0.25) is 4.79 Å². The lowest BCUT2D eigenvalue weighted by molar-refractivity contribution is -0.136. The second kappa shape index (κ2) is 6.20. The third kappa shape index (κ3) is 6.08. The highest BCUT2D eigenvalue weighted by Gasteiger charge is 2.36. The van der Waals surface area contributed by atoms with E-state index in [0.717, 1.165) is 0 Å². The summed E-state index contributed by atoms with van der Waals surface area (Å²) in [7, 11) is -1.65. The molecule has 3 nitrogen and oxygen atoms in total. The molecular formula is C12H24O3Si. The van der Waals surface area contributed by atoms with Crippen LogP contribution in [0.25, 0.3) is 0 Å². The van der Waals surface area contributed by atoms with Crippen molar-refractivity contribution in [3.8, 4) is 0 Å². The molecule has 16 heavy (non-hydrogen) atoms. The van der Waals surface area contributed by atoms with Crippen molar-refractivity contribution in [2.45, 2.75) is 51.7 Å². The minimum absolute atomic E-state index is 0.191. The third-order valence-corrected chi connectivity index (χ3v) is 7.54. The van der Waals surface area contributed by atoms with E-state index in [1.807, 2.05) is 12.2 Å². The SMILES string of the molecule is CC(C)(C)[Si](C)(C)OC/C=C/CCC(=O)O. The van der Waals surface area contributed by atoms with E-state index in [1.54, 1.807) is 0 Å². The summed E-state index contributed by atoms with van der Waals surface area (Å²) in [6, 6.07) is 0. The predicted octanol–water partition coefficient (Wildman–Crippen LogP) is 3.43. The molecule has 0 aromatic carbocycles. The molecule has 0 atom stereocenters. The zero-order valence-electron chi connectivity index (χ0n) is 11.0. The summed E-state index contributed by atoms with van der Waals surface area (Å²) in [5.41, 5.74) is 0. The van der Waals surface area contributed by atoms with E-state index in [2.05, 4.69) is 33.9 Å². The molecule has 1 N–H and O–H groups in total. The van der Waals surface area contributed by atoms with Crippen LogP contribution in [0.4, 0.5) is 0 Å². The Labute approximate surface area is 99.6 Å². The summed E-state index contributed by atoms with van der Waals surface area (Å²) in [4.78, 5) is 10.3. The molecular weight excluding hydrogens is 220 g/mol. The first-order valence-corrected chi connectivity index (χ1v) is 8.58. The van der Waals surface area contributed by atoms with Crippen LogP contribution in [-0.4, -0.2) is 26.0 Å². The average molecular weight is 244 g/mol. The molecule has 94 valence electrons. The van der Waals surface area contributed by atoms with Crippen LogP contribution >= 0.6 is 0 Å². The van der Waals surface area contributed by atoms with Gasteiger partial charge in [0, 0.05) is 6.42 Å². The maximum absolute atomic E-state index is 10.3. The molecule has 0 bridgehead atoms. The summed E-state index contributed by atoms with van der Waals surface area (Å²) in [6.45, 7) is 11.6. The number of aliphatic carboxylic acids is 1. The van der Waals surface area contributed by atoms with Gasteiger partial charge in [0.15, 0.2) is 8.32 Å². The minimum atomic E-state index is -1.65. The topological polar surface area (TPSA) is 46.5 Å². The molecule has 0 aliphatic heterocycles. The van der Waals surface area contributed by atoms with Gasteiger partial charge < -0.3 is 9.53 Å². The van der Waals surface area contributed by atoms with Gasteiger partial charge in [-0.15, -0.1) is 0 Å². The van der Waals surface area contributed by atoms with E-state index in [0.29, 0.717) is 13.0 Å². The van der Waals surface area contributed by atoms with E-state index in [-0.39, 0.29) is 11.5 Å². The van der Waals surface area contributed by atoms with Crippen LogP contribution < -0.4 is 0 Å². The Morgan fingerprint density at radius 3 is 2.31 bits per heavy atom. The highest BCUT2D eigenvalue weighted by molar-refractivity contribution is 6.74. The molecule has 0 heterocycles. The van der Waals surface area contributed by atoms with Crippen molar-refractivity contribution in [2.24, 2.45) is 0 Å². The summed E-state index contributed by atoms with van der Waals surface area (Å²) in [5.74, 6) is -0.755. The van der Waals surface area contributed by atoms with E-state index in [1.165, 1.54) is 0 Å². The van der Waals surface area contributed by atoms with Gasteiger partial charge in [-0.25, -0.2) is 0 Å². The van der Waals surface area contributed by atoms with Crippen molar-refractivity contribution < 1.29 is 14.3 Å². The normalized spacial score (nSPS) is 13.3. The molecule has 0 spiro atoms. The molecule has 0 saturated carbocycles. The van der Waals surface area contributed by atoms with Gasteiger partial charge in [-0.05, 0) is 24.6 Å². The minimum Gasteiger partial charge on any atom is -0.481 e. The van der Waals surface area contributed by atoms with Gasteiger partial charge in [-0.2, -0.15) is 0 Å². The molecule has 0 aliphatic carbocycles. The highest BCUT2D eigenvalue weighted by atomic mass is 28.4. The van der Waals surface area contributed by atoms with Crippen LogP contribution in [0.2, 0.25) is 18.1 Å². The quantitative estimate of drug-likeness (QED) is 0.575. The number of carbonyl (C=O) groups is 1. The van der Waals surface area contributed by atoms with E-state index in [4.69, 9.17) is 9.53 Å². The average Bonchev–Trinajstić information content (AvgIpc) is 2.08. The van der Waals surface area contributed by atoms with Gasteiger partial charge in [0.25, 0.3) is 0 Å². The Morgan fingerprint density at radius 1 is 1.31 bits per heavy atom. The number of rotatable bonds is 6. The van der Waals surface area contributed by atoms with Crippen LogP contribution in [0.3, 0.4) is 0 Å². The maximum Gasteiger partial charge on any atom is 0.303 e. The molecule has 0 unspecified atom stereocenters. The number of hydrogen-bond donors (Lipinski definition) is 1. The monoisotopic (exact) mass is 244 g/mol. The Bertz CT molecular complexity index is 251. The standard InChI is InChI=1S/C12H24O3Si/c1-12(2,3)16(4,5)15-10-8-6-7-9-11(13)14/h6,8H,7,9-10H2,1-5H3,(H,13,14)/b8-6+. The van der Waals surface area contributed by atoms with Gasteiger partial charge in [0.1, 0.15) is 0 Å². The Balaban J connectivity index is 3.86. The van der Waals surface area contributed by atoms with Gasteiger partial charge in [-0.1, -0.05) is 32.9 Å². The van der Waals surface area contributed by atoms with Crippen molar-refractivity contribution in [1.82, 2.24) is 0 Å². The lowest BCUT2D eigenvalue weighted by Crippen LogP contribution is -2.40. The molecule has 4 heteroatoms. The van der Waals surface area contributed by atoms with E-state index < -0.39 is 14.3 Å². The van der Waals surface area contributed by atoms with Gasteiger partial charge in [0.05, 0.1) is 6.61 Å². The van der Waals surface area contributed by atoms with Gasteiger partial charge in [0.2, 0.25) is 0 Å². The largest absolute Gasteiger partial charge is 0.481 e. The second-order valence-electron chi connectivity index (χ2n) is 5.48. The van der Waals surface area contributed by atoms with Crippen molar-refractivity contribution in [2.75, 3.05) is 6.61 Å². The first-order chi connectivity index (χ1) is 7.17. The number of allylic oxidation sites excluding steroid dienone is 1. The fourth-order valence-corrected chi connectivity index (χ4v) is 1.81. The Morgan fingerprint density at radius 2 is 1.88 bits per heavy atom. The maximum atomic E-state index is 10.3. The van der Waals surface area contributed by atoms with Crippen LogP contribution in [0.1, 0.15) is 33.6 Å². The molecule has 0 radical (unpaired) electrons. The van der Waals surface area contributed by atoms with E-state index >= 15 is 0 Å². The van der Waals surface area contributed by atoms with Crippen LogP contribution in [-0.2, 0) is 9.22 Å². The fraction of sp³-hybridized carbons (Fsp3) is 0.750. The van der Waals surface area contributed by atoms with Crippen molar-refractivity contribution in [3.05, 3.63) is 12.2 Å². The van der Waals surface area contributed by atoms with Gasteiger partial charge >= 0.3 is 5.97 Å². The molecule has 0 aromatic heterocycles. The number of carboxylic acid groups (broad SMARTS) is 1. The predicted molar refractivity (Wildman–Crippen MR) is 69.2 cm³/mol. The Hall–Kier alpha value is -0.613. The van der Waals surface area contributed by atoms with Crippen LogP contribution in [0.15, 0.2) is 12.2 Å². The number of carboxylic acids is 1. The molecule has 0 amide bonds. The molecule has 0 aliphatic rings. The number of hydrogen-bond acceptors (Lipinski definition) is 2. The highest BCUT2D eigenvalue weighted by Crippen LogP contribution is 2.36. The summed E-state index contributed by atoms with van der Waals surface area (Å²) in [5, 5.41) is 8.67. The second-order valence-corrected chi connectivity index (χ2v) is 10.3. The first kappa shape index (κ1) is 15.4. The zero-order valence-corrected chi connectivity index (χ0v) is 12.0. The van der Waals surface area contributed by atoms with Crippen molar-refractivity contribution in [3.63, 3.8) is 0 Å². The third-order valence-electron chi connectivity index (χ3n) is 3.04. The zero-order chi connectivity index (χ0) is 12.8. The molecule has 0 saturated heterocycles. The molecule has 0 aromatic rings. The van der Waals surface area contributed by atoms with Crippen LogP contribution in [0.5, 0.6) is 0 Å². The summed E-state index contributed by atoms with van der Waals surface area (Å²) < 4.78 is 5.91. The van der Waals surface area contributed by atoms with Crippen molar-refractivity contribution >= 4 is 14.3 Å². The lowest BCUT2D eigenvalue weighted by atomic mass is 10.2. The molecule has 0 rings (SSSR count). The summed E-state index contributed by atoms with van der Waals surface area (Å²) >= 11 is 0. The Kier molecular flexibility index (Phi) is 5.97. The smallest absolute Gasteiger partial charge is 0.303 e.